The highest BCUT2D eigenvalue weighted by atomic mass is 28.3. The molecule has 3 heterocycles. The fourth-order valence-corrected chi connectivity index (χ4v) is 23.5. The van der Waals surface area contributed by atoms with Crippen molar-refractivity contribution >= 4 is 101 Å². The van der Waals surface area contributed by atoms with Crippen molar-refractivity contribution in [2.45, 2.75) is 0 Å². The van der Waals surface area contributed by atoms with E-state index in [1.165, 1.54) is 107 Å². The van der Waals surface area contributed by atoms with Crippen molar-refractivity contribution in [3.63, 3.8) is 0 Å². The highest BCUT2D eigenvalue weighted by molar-refractivity contribution is 7.22. The van der Waals surface area contributed by atoms with Crippen LogP contribution in [-0.2, 0) is 0 Å². The second-order valence-electron chi connectivity index (χ2n) is 20.3. The Kier molecular flexibility index (Phi) is 10.3. The Balaban J connectivity index is 0.968. The molecule has 0 bridgehead atoms. The molecule has 15 rings (SSSR count). The predicted octanol–water partition coefficient (Wildman–Crippen LogP) is 12.3. The lowest BCUT2D eigenvalue weighted by molar-refractivity contribution is 1.16. The molecule has 0 aliphatic carbocycles. The SMILES string of the molecule is c1ccc([Si](c2ccccc2)(c2ccccc2)c2cccc(-n3c4ccccc4c4ccc(-n5c6ccccc6c6cccc(-c7ccc8c(c7)[Si](c7ccccc7)(c7ccccc7)c7ccccc7-8)c65)cc43)c2)cc1. The Labute approximate surface area is 444 Å². The molecule has 0 atom stereocenters. The maximum atomic E-state index is 2.57. The largest absolute Gasteiger partial charge is 0.309 e. The molecule has 76 heavy (non-hydrogen) atoms. The summed E-state index contributed by atoms with van der Waals surface area (Å²) in [6.07, 6.45) is 0. The first-order valence-electron chi connectivity index (χ1n) is 26.4. The van der Waals surface area contributed by atoms with Gasteiger partial charge in [-0.15, -0.1) is 0 Å². The molecule has 14 aromatic rings. The minimum atomic E-state index is -2.82. The lowest BCUT2D eigenvalue weighted by atomic mass is 9.98. The molecule has 2 nitrogen and oxygen atoms in total. The van der Waals surface area contributed by atoms with Crippen molar-refractivity contribution in [2.75, 3.05) is 0 Å². The lowest BCUT2D eigenvalue weighted by Crippen LogP contribution is -2.74. The van der Waals surface area contributed by atoms with Crippen LogP contribution in [0.1, 0.15) is 0 Å². The van der Waals surface area contributed by atoms with Crippen LogP contribution in [0.15, 0.2) is 303 Å². The quantitative estimate of drug-likeness (QED) is 0.101. The maximum Gasteiger partial charge on any atom is 0.180 e. The number of hydrogen-bond acceptors (Lipinski definition) is 0. The van der Waals surface area contributed by atoms with Crippen molar-refractivity contribution < 1.29 is 0 Å². The van der Waals surface area contributed by atoms with Crippen LogP contribution in [0, 0.1) is 0 Å². The van der Waals surface area contributed by atoms with Gasteiger partial charge in [-0.25, -0.2) is 0 Å². The number of rotatable bonds is 9. The van der Waals surface area contributed by atoms with Crippen LogP contribution >= 0.6 is 0 Å². The van der Waals surface area contributed by atoms with E-state index in [1.807, 2.05) is 0 Å². The molecule has 1 aliphatic heterocycles. The van der Waals surface area contributed by atoms with Crippen molar-refractivity contribution in [1.82, 2.24) is 9.13 Å². The fourth-order valence-electron chi connectivity index (χ4n) is 13.5. The molecule has 0 amide bonds. The molecule has 1 aliphatic rings. The molecule has 0 radical (unpaired) electrons. The monoisotopic (exact) mass is 998 g/mol. The van der Waals surface area contributed by atoms with Crippen LogP contribution in [0.4, 0.5) is 0 Å². The van der Waals surface area contributed by atoms with E-state index in [4.69, 9.17) is 0 Å². The zero-order valence-corrected chi connectivity index (χ0v) is 43.8. The predicted molar refractivity (Wildman–Crippen MR) is 327 cm³/mol. The fraction of sp³-hybridized carbons (Fsp3) is 0. The van der Waals surface area contributed by atoms with Gasteiger partial charge in [0.1, 0.15) is 0 Å². The third-order valence-corrected chi connectivity index (χ3v) is 26.2. The van der Waals surface area contributed by atoms with Crippen molar-refractivity contribution in [2.24, 2.45) is 0 Å². The molecule has 356 valence electrons. The van der Waals surface area contributed by atoms with Gasteiger partial charge in [0, 0.05) is 38.5 Å². The van der Waals surface area contributed by atoms with E-state index in [0.717, 1.165) is 11.4 Å². The third-order valence-electron chi connectivity index (χ3n) is 16.5. The molecule has 0 saturated carbocycles. The zero-order valence-electron chi connectivity index (χ0n) is 41.8. The van der Waals surface area contributed by atoms with E-state index in [2.05, 4.69) is 312 Å². The summed E-state index contributed by atoms with van der Waals surface area (Å²) in [7, 11) is -5.55. The summed E-state index contributed by atoms with van der Waals surface area (Å²) < 4.78 is 5.05. The summed E-state index contributed by atoms with van der Waals surface area (Å²) >= 11 is 0. The highest BCUT2D eigenvalue weighted by Crippen LogP contribution is 2.41. The summed E-state index contributed by atoms with van der Waals surface area (Å²) in [5.41, 5.74) is 12.1. The van der Waals surface area contributed by atoms with Gasteiger partial charge in [0.2, 0.25) is 0 Å². The molecule has 2 aromatic heterocycles. The minimum Gasteiger partial charge on any atom is -0.309 e. The van der Waals surface area contributed by atoms with Crippen LogP contribution in [0.2, 0.25) is 0 Å². The van der Waals surface area contributed by atoms with Crippen LogP contribution < -0.4 is 41.5 Å². The van der Waals surface area contributed by atoms with Gasteiger partial charge in [-0.1, -0.05) is 267 Å². The van der Waals surface area contributed by atoms with Crippen LogP contribution in [0.25, 0.3) is 77.2 Å². The Bertz CT molecular complexity index is 4370. The van der Waals surface area contributed by atoms with Gasteiger partial charge in [-0.05, 0) is 94.6 Å². The Hall–Kier alpha value is -9.33. The Morgan fingerprint density at radius 2 is 0.724 bits per heavy atom. The average molecular weight is 999 g/mol. The molecule has 0 saturated heterocycles. The van der Waals surface area contributed by atoms with Gasteiger partial charge >= 0.3 is 0 Å². The number of fused-ring (bicyclic) bond motifs is 9. The number of para-hydroxylation sites is 3. The van der Waals surface area contributed by atoms with E-state index >= 15 is 0 Å². The summed E-state index contributed by atoms with van der Waals surface area (Å²) in [4.78, 5) is 0. The van der Waals surface area contributed by atoms with Gasteiger partial charge in [0.05, 0.1) is 22.1 Å². The van der Waals surface area contributed by atoms with Gasteiger partial charge < -0.3 is 9.13 Å². The van der Waals surface area contributed by atoms with E-state index < -0.39 is 16.1 Å². The normalized spacial score (nSPS) is 12.8. The Morgan fingerprint density at radius 3 is 1.37 bits per heavy atom. The zero-order chi connectivity index (χ0) is 50.2. The van der Waals surface area contributed by atoms with E-state index in [-0.39, 0.29) is 0 Å². The third kappa shape index (κ3) is 6.45. The van der Waals surface area contributed by atoms with Gasteiger partial charge in [-0.2, -0.15) is 0 Å². The van der Waals surface area contributed by atoms with E-state index in [0.29, 0.717) is 0 Å². The molecular weight excluding hydrogens is 949 g/mol. The molecule has 12 aromatic carbocycles. The van der Waals surface area contributed by atoms with Crippen LogP contribution in [-0.4, -0.2) is 25.3 Å². The van der Waals surface area contributed by atoms with Gasteiger partial charge in [0.15, 0.2) is 16.1 Å². The number of hydrogen-bond donors (Lipinski definition) is 0. The van der Waals surface area contributed by atoms with Crippen molar-refractivity contribution in [3.8, 4) is 33.6 Å². The van der Waals surface area contributed by atoms with Crippen molar-refractivity contribution in [3.05, 3.63) is 303 Å². The standard InChI is InChI=1S/C72H50N2Si2/c1-6-25-54(26-7-1)75(55-27-8-2-9-28-55,56-29-10-3-11-30-56)59-35-22-24-52(49-59)73-67-41-19-16-36-61(67)63-47-45-53(50-69(63)73)74-68-42-20-17-37-62(68)66-40-23-39-60(72(66)74)51-44-46-65-64-38-18-21-43-70(64)76(71(65)48-51,57-31-12-4-13-32-57)58-33-14-5-15-34-58/h1-50H. The number of aromatic nitrogens is 2. The highest BCUT2D eigenvalue weighted by Gasteiger charge is 2.49. The minimum absolute atomic E-state index is 1.12. The summed E-state index contributed by atoms with van der Waals surface area (Å²) in [6, 6.07) is 114. The van der Waals surface area contributed by atoms with Crippen LogP contribution in [0.5, 0.6) is 0 Å². The smallest absolute Gasteiger partial charge is 0.180 e. The summed E-state index contributed by atoms with van der Waals surface area (Å²) in [5.74, 6) is 0. The first-order valence-corrected chi connectivity index (χ1v) is 30.4. The second kappa shape index (κ2) is 17.7. The molecule has 0 unspecified atom stereocenters. The lowest BCUT2D eigenvalue weighted by Gasteiger charge is -2.34. The first-order chi connectivity index (χ1) is 37.7. The van der Waals surface area contributed by atoms with Crippen molar-refractivity contribution in [1.29, 1.82) is 0 Å². The van der Waals surface area contributed by atoms with E-state index in [9.17, 15) is 0 Å². The number of benzene rings is 12. The molecule has 0 fully saturated rings. The molecule has 4 heteroatoms. The van der Waals surface area contributed by atoms with Crippen LogP contribution in [0.3, 0.4) is 0 Å². The summed E-state index contributed by atoms with van der Waals surface area (Å²) in [5, 5.41) is 16.1. The maximum absolute atomic E-state index is 2.82. The molecular formula is C72H50N2Si2. The van der Waals surface area contributed by atoms with Gasteiger partial charge in [-0.3, -0.25) is 0 Å². The first kappa shape index (κ1) is 44.2. The average Bonchev–Trinajstić information content (AvgIpc) is 4.31. The molecule has 0 N–H and O–H groups in total. The topological polar surface area (TPSA) is 9.86 Å². The van der Waals surface area contributed by atoms with E-state index in [1.54, 1.807) is 0 Å². The number of nitrogens with zero attached hydrogens (tertiary/aromatic N) is 2. The van der Waals surface area contributed by atoms with Gasteiger partial charge in [0.25, 0.3) is 0 Å². The summed E-state index contributed by atoms with van der Waals surface area (Å²) in [6.45, 7) is 0. The Morgan fingerprint density at radius 1 is 0.263 bits per heavy atom. The molecule has 0 spiro atoms. The second-order valence-corrected chi connectivity index (χ2v) is 27.8.